The molecule has 0 bridgehead atoms. The number of hydrogen-bond acceptors (Lipinski definition) is 5. The molecule has 0 spiro atoms. The summed E-state index contributed by atoms with van der Waals surface area (Å²) in [6.07, 6.45) is 0. The number of benzene rings is 3. The summed E-state index contributed by atoms with van der Waals surface area (Å²) in [5.74, 6) is 0.176. The first-order valence-electron chi connectivity index (χ1n) is 10.7. The molecule has 7 heteroatoms. The maximum absolute atomic E-state index is 12.6. The molecule has 170 valence electrons. The van der Waals surface area contributed by atoms with Crippen LogP contribution in [-0.2, 0) is 4.79 Å². The van der Waals surface area contributed by atoms with Crippen LogP contribution in [0.5, 0.6) is 5.75 Å². The number of nitrogens with one attached hydrogen (secondary N) is 3. The molecule has 0 unspecified atom stereocenters. The number of furan rings is 1. The molecule has 0 saturated heterocycles. The molecule has 0 aliphatic heterocycles. The molecule has 0 aliphatic carbocycles. The molecule has 0 atom stereocenters. The molecule has 0 radical (unpaired) electrons. The van der Waals surface area contributed by atoms with E-state index in [2.05, 4.69) is 16.0 Å². The van der Waals surface area contributed by atoms with E-state index in [4.69, 9.17) is 9.15 Å². The molecule has 3 aromatic carbocycles. The Hall–Kier alpha value is -4.00. The maximum atomic E-state index is 12.6. The summed E-state index contributed by atoms with van der Waals surface area (Å²) in [6, 6.07) is 18.4. The Labute approximate surface area is 192 Å². The standard InChI is InChI=1S/C26H27N3O4/c1-26(2,3)29-25(31)16-9-11-17(12-10-16)27-15-24(30)28-20-14-22-19(13-23(20)32-4)18-7-5-6-8-21(18)33-22/h5-14,27H,15H2,1-4H3,(H,28,30)(H,29,31). The number of carbonyl (C=O) groups is 2. The van der Waals surface area contributed by atoms with Gasteiger partial charge < -0.3 is 25.1 Å². The van der Waals surface area contributed by atoms with Crippen LogP contribution < -0.4 is 20.7 Å². The van der Waals surface area contributed by atoms with Gasteiger partial charge in [0.2, 0.25) is 5.91 Å². The Kier molecular flexibility index (Phi) is 5.96. The van der Waals surface area contributed by atoms with Crippen molar-refractivity contribution < 1.29 is 18.7 Å². The van der Waals surface area contributed by atoms with Crippen LogP contribution in [0.2, 0.25) is 0 Å². The van der Waals surface area contributed by atoms with Crippen LogP contribution in [0.15, 0.2) is 65.1 Å². The van der Waals surface area contributed by atoms with Gasteiger partial charge in [0, 0.05) is 33.6 Å². The number of rotatable bonds is 6. The second-order valence-electron chi connectivity index (χ2n) is 8.83. The van der Waals surface area contributed by atoms with E-state index in [1.54, 1.807) is 37.4 Å². The first-order valence-corrected chi connectivity index (χ1v) is 10.7. The summed E-state index contributed by atoms with van der Waals surface area (Å²) < 4.78 is 11.4. The third-order valence-corrected chi connectivity index (χ3v) is 5.06. The minimum absolute atomic E-state index is 0.0505. The van der Waals surface area contributed by atoms with Crippen LogP contribution in [0, 0.1) is 0 Å². The molecule has 0 aliphatic rings. The van der Waals surface area contributed by atoms with Crippen molar-refractivity contribution in [3.05, 3.63) is 66.2 Å². The molecule has 4 aromatic rings. The van der Waals surface area contributed by atoms with Crippen LogP contribution in [-0.4, -0.2) is 31.0 Å². The number of methoxy groups -OCH3 is 1. The lowest BCUT2D eigenvalue weighted by Crippen LogP contribution is -2.40. The van der Waals surface area contributed by atoms with Gasteiger partial charge in [-0.15, -0.1) is 0 Å². The minimum Gasteiger partial charge on any atom is -0.495 e. The Bertz CT molecular complexity index is 1320. The Morgan fingerprint density at radius 1 is 0.939 bits per heavy atom. The molecule has 1 aromatic heterocycles. The zero-order valence-corrected chi connectivity index (χ0v) is 19.1. The number of amides is 2. The van der Waals surface area contributed by atoms with Crippen molar-refractivity contribution in [3.63, 3.8) is 0 Å². The van der Waals surface area contributed by atoms with Gasteiger partial charge in [-0.2, -0.15) is 0 Å². The van der Waals surface area contributed by atoms with Gasteiger partial charge in [-0.3, -0.25) is 9.59 Å². The number of para-hydroxylation sites is 1. The van der Waals surface area contributed by atoms with E-state index in [-0.39, 0.29) is 23.9 Å². The number of carbonyl (C=O) groups excluding carboxylic acids is 2. The lowest BCUT2D eigenvalue weighted by Gasteiger charge is -2.20. The zero-order chi connectivity index (χ0) is 23.6. The largest absolute Gasteiger partial charge is 0.495 e. The second-order valence-corrected chi connectivity index (χ2v) is 8.83. The minimum atomic E-state index is -0.307. The Morgan fingerprint density at radius 3 is 2.36 bits per heavy atom. The van der Waals surface area contributed by atoms with Gasteiger partial charge in [-0.1, -0.05) is 18.2 Å². The van der Waals surface area contributed by atoms with E-state index in [0.717, 1.165) is 22.0 Å². The van der Waals surface area contributed by atoms with E-state index < -0.39 is 0 Å². The van der Waals surface area contributed by atoms with E-state index in [1.807, 2.05) is 51.1 Å². The van der Waals surface area contributed by atoms with Crippen LogP contribution in [0.3, 0.4) is 0 Å². The highest BCUT2D eigenvalue weighted by molar-refractivity contribution is 6.08. The molecule has 0 saturated carbocycles. The van der Waals surface area contributed by atoms with Crippen molar-refractivity contribution in [3.8, 4) is 5.75 Å². The van der Waals surface area contributed by atoms with Gasteiger partial charge in [0.1, 0.15) is 16.9 Å². The fraction of sp³-hybridized carbons (Fsp3) is 0.231. The average Bonchev–Trinajstić information content (AvgIpc) is 3.13. The van der Waals surface area contributed by atoms with Crippen molar-refractivity contribution in [1.29, 1.82) is 0 Å². The molecule has 33 heavy (non-hydrogen) atoms. The van der Waals surface area contributed by atoms with Gasteiger partial charge in [0.25, 0.3) is 5.91 Å². The first kappa shape index (κ1) is 22.2. The fourth-order valence-electron chi connectivity index (χ4n) is 3.55. The smallest absolute Gasteiger partial charge is 0.251 e. The molecule has 7 nitrogen and oxygen atoms in total. The van der Waals surface area contributed by atoms with E-state index in [9.17, 15) is 9.59 Å². The topological polar surface area (TPSA) is 92.6 Å². The number of ether oxygens (including phenoxy) is 1. The monoisotopic (exact) mass is 445 g/mol. The Morgan fingerprint density at radius 2 is 1.67 bits per heavy atom. The van der Waals surface area contributed by atoms with Crippen LogP contribution in [0.4, 0.5) is 11.4 Å². The lowest BCUT2D eigenvalue weighted by atomic mass is 10.1. The predicted octanol–water partition coefficient (Wildman–Crippen LogP) is 5.17. The second kappa shape index (κ2) is 8.86. The van der Waals surface area contributed by atoms with Crippen molar-refractivity contribution in [2.45, 2.75) is 26.3 Å². The predicted molar refractivity (Wildman–Crippen MR) is 131 cm³/mol. The highest BCUT2D eigenvalue weighted by Crippen LogP contribution is 2.36. The number of fused-ring (bicyclic) bond motifs is 3. The first-order chi connectivity index (χ1) is 15.7. The van der Waals surface area contributed by atoms with Crippen molar-refractivity contribution >= 4 is 45.1 Å². The Balaban J connectivity index is 1.42. The average molecular weight is 446 g/mol. The SMILES string of the molecule is COc1cc2c(cc1NC(=O)CNc1ccc(C(=O)NC(C)(C)C)cc1)oc1ccccc12. The van der Waals surface area contributed by atoms with Crippen LogP contribution in [0.1, 0.15) is 31.1 Å². The zero-order valence-electron chi connectivity index (χ0n) is 19.1. The lowest BCUT2D eigenvalue weighted by molar-refractivity contribution is -0.114. The normalized spacial score (nSPS) is 11.4. The summed E-state index contributed by atoms with van der Waals surface area (Å²) in [6.45, 7) is 5.84. The third kappa shape index (κ3) is 5.09. The molecule has 3 N–H and O–H groups in total. The molecular formula is C26H27N3O4. The third-order valence-electron chi connectivity index (χ3n) is 5.06. The van der Waals surface area contributed by atoms with Crippen molar-refractivity contribution in [1.82, 2.24) is 5.32 Å². The van der Waals surface area contributed by atoms with Crippen molar-refractivity contribution in [2.75, 3.05) is 24.3 Å². The van der Waals surface area contributed by atoms with E-state index in [0.29, 0.717) is 22.6 Å². The summed E-state index contributed by atoms with van der Waals surface area (Å²) in [4.78, 5) is 24.8. The van der Waals surface area contributed by atoms with Gasteiger partial charge in [0.05, 0.1) is 19.3 Å². The highest BCUT2D eigenvalue weighted by atomic mass is 16.5. The molecule has 2 amide bonds. The van der Waals surface area contributed by atoms with E-state index in [1.165, 1.54) is 0 Å². The molecule has 1 heterocycles. The molecule has 0 fully saturated rings. The van der Waals surface area contributed by atoms with Crippen LogP contribution >= 0.6 is 0 Å². The van der Waals surface area contributed by atoms with Gasteiger partial charge in [-0.25, -0.2) is 0 Å². The summed E-state index contributed by atoms with van der Waals surface area (Å²) >= 11 is 0. The fourth-order valence-corrected chi connectivity index (χ4v) is 3.55. The van der Waals surface area contributed by atoms with Crippen LogP contribution in [0.25, 0.3) is 21.9 Å². The molecule has 4 rings (SSSR count). The highest BCUT2D eigenvalue weighted by Gasteiger charge is 2.16. The summed E-state index contributed by atoms with van der Waals surface area (Å²) in [5, 5.41) is 10.8. The summed E-state index contributed by atoms with van der Waals surface area (Å²) in [7, 11) is 1.56. The number of hydrogen-bond donors (Lipinski definition) is 3. The number of anilines is 2. The quantitative estimate of drug-likeness (QED) is 0.381. The van der Waals surface area contributed by atoms with Gasteiger partial charge in [-0.05, 0) is 57.2 Å². The van der Waals surface area contributed by atoms with Gasteiger partial charge in [0.15, 0.2) is 0 Å². The van der Waals surface area contributed by atoms with E-state index >= 15 is 0 Å². The summed E-state index contributed by atoms with van der Waals surface area (Å²) in [5.41, 5.74) is 2.97. The maximum Gasteiger partial charge on any atom is 0.251 e. The molecular weight excluding hydrogens is 418 g/mol. The van der Waals surface area contributed by atoms with Gasteiger partial charge >= 0.3 is 0 Å². The van der Waals surface area contributed by atoms with Crippen molar-refractivity contribution in [2.24, 2.45) is 0 Å².